The Hall–Kier alpha value is -3.87. The lowest BCUT2D eigenvalue weighted by Gasteiger charge is -2.24. The van der Waals surface area contributed by atoms with Gasteiger partial charge in [-0.05, 0) is 54.8 Å². The van der Waals surface area contributed by atoms with E-state index in [2.05, 4.69) is 0 Å². The van der Waals surface area contributed by atoms with Gasteiger partial charge in [-0.3, -0.25) is 9.59 Å². The summed E-state index contributed by atoms with van der Waals surface area (Å²) in [6.07, 6.45) is 2.34. The second-order valence-electron chi connectivity index (χ2n) is 7.89. The van der Waals surface area contributed by atoms with Crippen LogP contribution in [0.2, 0.25) is 0 Å². The van der Waals surface area contributed by atoms with E-state index in [0.29, 0.717) is 29.2 Å². The number of hydrogen-bond donors (Lipinski definition) is 1. The van der Waals surface area contributed by atoms with Gasteiger partial charge < -0.3 is 19.2 Å². The Bertz CT molecular complexity index is 1200. The van der Waals surface area contributed by atoms with Gasteiger partial charge in [0.05, 0.1) is 31.0 Å². The average Bonchev–Trinajstić information content (AvgIpc) is 3.42. The SMILES string of the molecule is CCCOc1ccc(C2C(=C(O)c3ccc(C)c(F)c3)C(=O)C(=O)N2Cc2ccco2)cc1. The average molecular weight is 449 g/mol. The predicted molar refractivity (Wildman–Crippen MR) is 120 cm³/mol. The highest BCUT2D eigenvalue weighted by molar-refractivity contribution is 6.46. The van der Waals surface area contributed by atoms with Crippen LogP contribution in [0.5, 0.6) is 5.75 Å². The number of hydrogen-bond acceptors (Lipinski definition) is 5. The zero-order chi connectivity index (χ0) is 23.5. The van der Waals surface area contributed by atoms with E-state index < -0.39 is 29.3 Å². The van der Waals surface area contributed by atoms with Crippen LogP contribution in [-0.4, -0.2) is 28.3 Å². The molecule has 170 valence electrons. The summed E-state index contributed by atoms with van der Waals surface area (Å²) in [6, 6.07) is 13.7. The largest absolute Gasteiger partial charge is 0.507 e. The second-order valence-corrected chi connectivity index (χ2v) is 7.89. The third kappa shape index (κ3) is 4.39. The summed E-state index contributed by atoms with van der Waals surface area (Å²) in [7, 11) is 0. The number of benzene rings is 2. The Kier molecular flexibility index (Phi) is 6.31. The Morgan fingerprint density at radius 2 is 1.91 bits per heavy atom. The first-order valence-corrected chi connectivity index (χ1v) is 10.7. The molecule has 6 nitrogen and oxygen atoms in total. The van der Waals surface area contributed by atoms with Gasteiger partial charge in [-0.15, -0.1) is 0 Å². The van der Waals surface area contributed by atoms with Crippen LogP contribution in [0.15, 0.2) is 70.9 Å². The van der Waals surface area contributed by atoms with Crippen LogP contribution in [0, 0.1) is 12.7 Å². The van der Waals surface area contributed by atoms with Crippen LogP contribution in [-0.2, 0) is 16.1 Å². The zero-order valence-corrected chi connectivity index (χ0v) is 18.4. The van der Waals surface area contributed by atoms with Crippen molar-refractivity contribution in [1.29, 1.82) is 0 Å². The monoisotopic (exact) mass is 449 g/mol. The van der Waals surface area contributed by atoms with Crippen LogP contribution in [0.1, 0.15) is 41.8 Å². The Labute approximate surface area is 190 Å². The molecule has 2 heterocycles. The van der Waals surface area contributed by atoms with E-state index >= 15 is 0 Å². The molecule has 33 heavy (non-hydrogen) atoms. The van der Waals surface area contributed by atoms with Crippen molar-refractivity contribution in [1.82, 2.24) is 4.90 Å². The number of amides is 1. The molecule has 3 aromatic rings. The van der Waals surface area contributed by atoms with Crippen LogP contribution in [0.25, 0.3) is 5.76 Å². The summed E-state index contributed by atoms with van der Waals surface area (Å²) in [6.45, 7) is 4.21. The number of halogens is 1. The van der Waals surface area contributed by atoms with Crippen molar-refractivity contribution in [3.8, 4) is 5.75 Å². The van der Waals surface area contributed by atoms with Gasteiger partial charge in [-0.2, -0.15) is 0 Å². The van der Waals surface area contributed by atoms with E-state index in [1.165, 1.54) is 23.3 Å². The van der Waals surface area contributed by atoms with E-state index in [0.717, 1.165) is 12.5 Å². The number of aryl methyl sites for hydroxylation is 1. The summed E-state index contributed by atoms with van der Waals surface area (Å²) in [5, 5.41) is 11.0. The van der Waals surface area contributed by atoms with Gasteiger partial charge in [0.15, 0.2) is 0 Å². The van der Waals surface area contributed by atoms with Gasteiger partial charge in [-0.25, -0.2) is 4.39 Å². The van der Waals surface area contributed by atoms with Crippen LogP contribution < -0.4 is 4.74 Å². The van der Waals surface area contributed by atoms with E-state index in [4.69, 9.17) is 9.15 Å². The predicted octanol–water partition coefficient (Wildman–Crippen LogP) is 5.14. The van der Waals surface area contributed by atoms with E-state index in [-0.39, 0.29) is 17.7 Å². The van der Waals surface area contributed by atoms with Crippen LogP contribution >= 0.6 is 0 Å². The minimum absolute atomic E-state index is 0.0371. The van der Waals surface area contributed by atoms with Crippen molar-refractivity contribution in [3.63, 3.8) is 0 Å². The zero-order valence-electron chi connectivity index (χ0n) is 18.4. The number of aliphatic hydroxyl groups is 1. The molecule has 1 fully saturated rings. The molecule has 0 radical (unpaired) electrons. The van der Waals surface area contributed by atoms with E-state index in [1.54, 1.807) is 43.3 Å². The lowest BCUT2D eigenvalue weighted by molar-refractivity contribution is -0.140. The molecular formula is C26H24FNO5. The Morgan fingerprint density at radius 1 is 1.15 bits per heavy atom. The molecule has 1 unspecified atom stereocenters. The van der Waals surface area contributed by atoms with E-state index in [9.17, 15) is 19.1 Å². The number of likely N-dealkylation sites (tertiary alicyclic amines) is 1. The third-order valence-electron chi connectivity index (χ3n) is 5.56. The normalized spacial score (nSPS) is 17.5. The molecule has 0 spiro atoms. The lowest BCUT2D eigenvalue weighted by Crippen LogP contribution is -2.29. The number of ketones is 1. The van der Waals surface area contributed by atoms with Crippen LogP contribution in [0.4, 0.5) is 4.39 Å². The standard InChI is InChI=1S/C26H24FNO5/c1-3-12-32-19-10-8-17(9-11-19)23-22(24(29)18-7-6-16(2)21(27)14-18)25(30)26(31)28(23)15-20-5-4-13-33-20/h4-11,13-14,23,29H,3,12,15H2,1-2H3. The first-order valence-electron chi connectivity index (χ1n) is 10.7. The van der Waals surface area contributed by atoms with Gasteiger partial charge in [0.25, 0.3) is 11.7 Å². The van der Waals surface area contributed by atoms with Crippen molar-refractivity contribution < 1.29 is 28.2 Å². The van der Waals surface area contributed by atoms with Crippen molar-refractivity contribution >= 4 is 17.4 Å². The summed E-state index contributed by atoms with van der Waals surface area (Å²) in [4.78, 5) is 27.4. The molecule has 1 N–H and O–H groups in total. The first-order chi connectivity index (χ1) is 15.9. The van der Waals surface area contributed by atoms with Gasteiger partial charge in [0, 0.05) is 5.56 Å². The minimum atomic E-state index is -0.875. The topological polar surface area (TPSA) is 80.0 Å². The quantitative estimate of drug-likeness (QED) is 0.307. The fraction of sp³-hybridized carbons (Fsp3) is 0.231. The van der Waals surface area contributed by atoms with E-state index in [1.807, 2.05) is 6.92 Å². The number of nitrogens with zero attached hydrogens (tertiary/aromatic N) is 1. The maximum atomic E-state index is 14.2. The number of carbonyl (C=O) groups excluding carboxylic acids is 2. The number of ether oxygens (including phenoxy) is 1. The van der Waals surface area contributed by atoms with Crippen molar-refractivity contribution in [2.45, 2.75) is 32.9 Å². The molecule has 2 aromatic carbocycles. The number of Topliss-reactive ketones (excluding diaryl/α,β-unsaturated/α-hetero) is 1. The van der Waals surface area contributed by atoms with Gasteiger partial charge in [0.1, 0.15) is 23.1 Å². The maximum Gasteiger partial charge on any atom is 0.296 e. The highest BCUT2D eigenvalue weighted by Crippen LogP contribution is 2.40. The molecular weight excluding hydrogens is 425 g/mol. The van der Waals surface area contributed by atoms with Crippen LogP contribution in [0.3, 0.4) is 0 Å². The summed E-state index contributed by atoms with van der Waals surface area (Å²) < 4.78 is 25.2. The molecule has 0 aliphatic carbocycles. The molecule has 1 aliphatic heterocycles. The molecule has 1 aliphatic rings. The third-order valence-corrected chi connectivity index (χ3v) is 5.56. The molecule has 1 atom stereocenters. The summed E-state index contributed by atoms with van der Waals surface area (Å²) in [5.74, 6) is -1.40. The maximum absolute atomic E-state index is 14.2. The Morgan fingerprint density at radius 3 is 2.55 bits per heavy atom. The number of carbonyl (C=O) groups is 2. The molecule has 0 saturated carbocycles. The smallest absolute Gasteiger partial charge is 0.296 e. The van der Waals surface area contributed by atoms with Gasteiger partial charge in [0.2, 0.25) is 0 Å². The van der Waals surface area contributed by atoms with Gasteiger partial charge >= 0.3 is 0 Å². The summed E-state index contributed by atoms with van der Waals surface area (Å²) in [5.41, 5.74) is 1.04. The highest BCUT2D eigenvalue weighted by Gasteiger charge is 2.46. The minimum Gasteiger partial charge on any atom is -0.507 e. The summed E-state index contributed by atoms with van der Waals surface area (Å²) >= 11 is 0. The fourth-order valence-electron chi connectivity index (χ4n) is 3.82. The Balaban J connectivity index is 1.81. The molecule has 1 aromatic heterocycles. The van der Waals surface area contributed by atoms with Crippen molar-refractivity contribution in [2.75, 3.05) is 6.61 Å². The number of aliphatic hydroxyl groups excluding tert-OH is 1. The molecule has 0 bridgehead atoms. The number of furan rings is 1. The molecule has 4 rings (SSSR count). The fourth-order valence-corrected chi connectivity index (χ4v) is 3.82. The highest BCUT2D eigenvalue weighted by atomic mass is 19.1. The van der Waals surface area contributed by atoms with Crippen molar-refractivity contribution in [2.24, 2.45) is 0 Å². The lowest BCUT2D eigenvalue weighted by atomic mass is 9.95. The number of rotatable bonds is 7. The first kappa shape index (κ1) is 22.3. The van der Waals surface area contributed by atoms with Crippen molar-refractivity contribution in [3.05, 3.63) is 94.7 Å². The second kappa shape index (κ2) is 9.32. The molecule has 1 amide bonds. The molecule has 1 saturated heterocycles. The molecule has 7 heteroatoms. The van der Waals surface area contributed by atoms with Gasteiger partial charge in [-0.1, -0.05) is 31.2 Å².